The predicted molar refractivity (Wildman–Crippen MR) is 101 cm³/mol. The Morgan fingerprint density at radius 3 is 2.80 bits per heavy atom. The van der Waals surface area contributed by atoms with Crippen molar-refractivity contribution in [2.75, 3.05) is 32.8 Å². The van der Waals surface area contributed by atoms with Crippen LogP contribution in [0.3, 0.4) is 0 Å². The highest BCUT2D eigenvalue weighted by Crippen LogP contribution is 2.34. The van der Waals surface area contributed by atoms with Crippen LogP contribution < -0.4 is 0 Å². The summed E-state index contributed by atoms with van der Waals surface area (Å²) < 4.78 is 7.22. The molecule has 0 bridgehead atoms. The summed E-state index contributed by atoms with van der Waals surface area (Å²) in [6, 6.07) is 6.29. The molecule has 1 saturated heterocycles. The molecule has 25 heavy (non-hydrogen) atoms. The van der Waals surface area contributed by atoms with Gasteiger partial charge >= 0.3 is 6.09 Å². The van der Waals surface area contributed by atoms with Crippen molar-refractivity contribution in [3.05, 3.63) is 33.8 Å². The zero-order valence-corrected chi connectivity index (χ0v) is 16.8. The number of piperazine rings is 1. The topological polar surface area (TPSA) is 53.0 Å². The SMILES string of the molecule is CC(C)(C)C1CN(CC2OCCc3c(Br)cccc32)CCN1C(=O)O. The highest BCUT2D eigenvalue weighted by Gasteiger charge is 2.38. The first kappa shape index (κ1) is 18.7. The van der Waals surface area contributed by atoms with Crippen molar-refractivity contribution in [3.8, 4) is 0 Å². The van der Waals surface area contributed by atoms with Gasteiger partial charge in [-0.05, 0) is 29.0 Å². The van der Waals surface area contributed by atoms with Gasteiger partial charge < -0.3 is 14.7 Å². The number of carboxylic acid groups (broad SMARTS) is 1. The molecule has 1 fully saturated rings. The molecule has 2 aliphatic rings. The normalized spacial score (nSPS) is 24.9. The Morgan fingerprint density at radius 2 is 2.12 bits per heavy atom. The number of amides is 1. The van der Waals surface area contributed by atoms with Crippen molar-refractivity contribution in [2.45, 2.75) is 39.3 Å². The number of hydrogen-bond acceptors (Lipinski definition) is 3. The van der Waals surface area contributed by atoms with E-state index in [1.807, 2.05) is 0 Å². The fourth-order valence-corrected chi connectivity index (χ4v) is 4.47. The van der Waals surface area contributed by atoms with Gasteiger partial charge in [0.15, 0.2) is 0 Å². The Kier molecular flexibility index (Phi) is 5.42. The smallest absolute Gasteiger partial charge is 0.407 e. The van der Waals surface area contributed by atoms with Crippen LogP contribution in [0.2, 0.25) is 0 Å². The van der Waals surface area contributed by atoms with Gasteiger partial charge in [-0.3, -0.25) is 4.90 Å². The van der Waals surface area contributed by atoms with Crippen LogP contribution in [0.4, 0.5) is 4.79 Å². The van der Waals surface area contributed by atoms with E-state index in [4.69, 9.17) is 4.74 Å². The van der Waals surface area contributed by atoms with E-state index in [9.17, 15) is 9.90 Å². The molecule has 2 aliphatic heterocycles. The van der Waals surface area contributed by atoms with Crippen molar-refractivity contribution in [1.82, 2.24) is 9.80 Å². The van der Waals surface area contributed by atoms with Crippen LogP contribution in [-0.2, 0) is 11.2 Å². The molecule has 0 aliphatic carbocycles. The molecule has 0 radical (unpaired) electrons. The number of nitrogens with zero attached hydrogens (tertiary/aromatic N) is 2. The first-order chi connectivity index (χ1) is 11.8. The van der Waals surface area contributed by atoms with E-state index in [0.717, 1.165) is 37.1 Å². The fraction of sp³-hybridized carbons (Fsp3) is 0.632. The summed E-state index contributed by atoms with van der Waals surface area (Å²) in [5.74, 6) is 0. The second-order valence-corrected chi connectivity index (χ2v) is 8.89. The number of hydrogen-bond donors (Lipinski definition) is 1. The minimum Gasteiger partial charge on any atom is -0.465 e. The minimum absolute atomic E-state index is 0.00989. The van der Waals surface area contributed by atoms with Gasteiger partial charge in [-0.2, -0.15) is 0 Å². The summed E-state index contributed by atoms with van der Waals surface area (Å²) in [7, 11) is 0. The van der Waals surface area contributed by atoms with Crippen molar-refractivity contribution < 1.29 is 14.6 Å². The number of halogens is 1. The van der Waals surface area contributed by atoms with E-state index in [1.165, 1.54) is 11.1 Å². The molecule has 1 amide bonds. The maximum Gasteiger partial charge on any atom is 0.407 e. The molecule has 2 unspecified atom stereocenters. The largest absolute Gasteiger partial charge is 0.465 e. The molecule has 2 heterocycles. The van der Waals surface area contributed by atoms with E-state index in [1.54, 1.807) is 4.90 Å². The third-order valence-electron chi connectivity index (χ3n) is 5.31. The predicted octanol–water partition coefficient (Wildman–Crippen LogP) is 3.77. The molecule has 2 atom stereocenters. The number of ether oxygens (including phenoxy) is 1. The van der Waals surface area contributed by atoms with Crippen molar-refractivity contribution >= 4 is 22.0 Å². The molecule has 6 heteroatoms. The Bertz CT molecular complexity index is 644. The van der Waals surface area contributed by atoms with Gasteiger partial charge in [0.2, 0.25) is 0 Å². The van der Waals surface area contributed by atoms with Gasteiger partial charge in [-0.1, -0.05) is 48.8 Å². The number of rotatable bonds is 2. The lowest BCUT2D eigenvalue weighted by molar-refractivity contribution is -0.0210. The molecule has 0 aromatic heterocycles. The van der Waals surface area contributed by atoms with E-state index < -0.39 is 6.09 Å². The maximum absolute atomic E-state index is 11.6. The lowest BCUT2D eigenvalue weighted by atomic mass is 9.84. The molecule has 138 valence electrons. The number of carbonyl (C=O) groups is 1. The standard InChI is InChI=1S/C19H27BrN2O3/c1-19(2,3)17-12-21(8-9-22(17)18(23)24)11-16-14-5-4-6-15(20)13(14)7-10-25-16/h4-6,16-17H,7-12H2,1-3H3,(H,23,24). The highest BCUT2D eigenvalue weighted by atomic mass is 79.9. The minimum atomic E-state index is -0.817. The quantitative estimate of drug-likeness (QED) is 0.805. The van der Waals surface area contributed by atoms with E-state index in [-0.39, 0.29) is 17.6 Å². The number of fused-ring (bicyclic) bond motifs is 1. The van der Waals surface area contributed by atoms with Gasteiger partial charge in [0.1, 0.15) is 0 Å². The van der Waals surface area contributed by atoms with E-state index >= 15 is 0 Å². The summed E-state index contributed by atoms with van der Waals surface area (Å²) in [6.07, 6.45) is 0.172. The third kappa shape index (κ3) is 4.01. The fourth-order valence-electron chi connectivity index (χ4n) is 3.89. The van der Waals surface area contributed by atoms with Gasteiger partial charge in [-0.25, -0.2) is 4.79 Å². The van der Waals surface area contributed by atoms with Crippen LogP contribution >= 0.6 is 15.9 Å². The van der Waals surface area contributed by atoms with Crippen LogP contribution in [0.1, 0.15) is 38.0 Å². The summed E-state index contributed by atoms with van der Waals surface area (Å²) in [6.45, 7) is 9.93. The van der Waals surface area contributed by atoms with Gasteiger partial charge in [0.25, 0.3) is 0 Å². The van der Waals surface area contributed by atoms with Crippen molar-refractivity contribution in [2.24, 2.45) is 5.41 Å². The summed E-state index contributed by atoms with van der Waals surface area (Å²) >= 11 is 3.65. The van der Waals surface area contributed by atoms with Crippen LogP contribution in [0.25, 0.3) is 0 Å². The molecular weight excluding hydrogens is 384 g/mol. The Labute approximate surface area is 158 Å². The maximum atomic E-state index is 11.6. The van der Waals surface area contributed by atoms with Crippen molar-refractivity contribution in [1.29, 1.82) is 0 Å². The van der Waals surface area contributed by atoms with Crippen LogP contribution in [0.15, 0.2) is 22.7 Å². The van der Waals surface area contributed by atoms with Crippen LogP contribution in [0, 0.1) is 5.41 Å². The highest BCUT2D eigenvalue weighted by molar-refractivity contribution is 9.10. The second-order valence-electron chi connectivity index (χ2n) is 8.03. The van der Waals surface area contributed by atoms with Gasteiger partial charge in [0, 0.05) is 30.7 Å². The third-order valence-corrected chi connectivity index (χ3v) is 6.05. The zero-order chi connectivity index (χ0) is 18.2. The molecule has 1 N–H and O–H groups in total. The molecule has 3 rings (SSSR count). The summed E-state index contributed by atoms with van der Waals surface area (Å²) in [5, 5.41) is 9.52. The molecule has 1 aromatic rings. The molecule has 0 spiro atoms. The first-order valence-corrected chi connectivity index (χ1v) is 9.67. The molecule has 0 saturated carbocycles. The Morgan fingerprint density at radius 1 is 1.36 bits per heavy atom. The molecular formula is C19H27BrN2O3. The van der Waals surface area contributed by atoms with Crippen molar-refractivity contribution in [3.63, 3.8) is 0 Å². The van der Waals surface area contributed by atoms with E-state index in [0.29, 0.717) is 6.54 Å². The molecule has 5 nitrogen and oxygen atoms in total. The average Bonchev–Trinajstić information content (AvgIpc) is 2.55. The monoisotopic (exact) mass is 410 g/mol. The zero-order valence-electron chi connectivity index (χ0n) is 15.2. The average molecular weight is 411 g/mol. The second kappa shape index (κ2) is 7.25. The van der Waals surface area contributed by atoms with Gasteiger partial charge in [-0.15, -0.1) is 0 Å². The Balaban J connectivity index is 1.75. The first-order valence-electron chi connectivity index (χ1n) is 8.88. The van der Waals surface area contributed by atoms with Crippen LogP contribution in [-0.4, -0.2) is 59.8 Å². The van der Waals surface area contributed by atoms with Crippen LogP contribution in [0.5, 0.6) is 0 Å². The Hall–Kier alpha value is -1.11. The summed E-state index contributed by atoms with van der Waals surface area (Å²) in [5.41, 5.74) is 2.51. The lowest BCUT2D eigenvalue weighted by Crippen LogP contribution is -2.59. The summed E-state index contributed by atoms with van der Waals surface area (Å²) in [4.78, 5) is 15.5. The van der Waals surface area contributed by atoms with Gasteiger partial charge in [0.05, 0.1) is 18.8 Å². The lowest BCUT2D eigenvalue weighted by Gasteiger charge is -2.46. The molecule has 1 aromatic carbocycles. The number of benzene rings is 1. The van der Waals surface area contributed by atoms with E-state index in [2.05, 4.69) is 59.8 Å².